The molecule has 1 aliphatic carbocycles. The van der Waals surface area contributed by atoms with Crippen LogP contribution in [-0.4, -0.2) is 24.4 Å². The first-order valence-electron chi connectivity index (χ1n) is 6.90. The summed E-state index contributed by atoms with van der Waals surface area (Å²) in [5.41, 5.74) is 1.05. The standard InChI is InChI=1S/C14H22N2OS/c1-4-10(3)8-16(5-2)14-15-13(11-6-7-11)12(9-17)18-14/h9-11H,4-8H2,1-3H3. The fourth-order valence-electron chi connectivity index (χ4n) is 2.05. The minimum absolute atomic E-state index is 0.553. The second kappa shape index (κ2) is 5.83. The lowest BCUT2D eigenvalue weighted by molar-refractivity contribution is 0.112. The molecule has 4 heteroatoms. The molecule has 1 saturated carbocycles. The minimum atomic E-state index is 0.553. The van der Waals surface area contributed by atoms with Gasteiger partial charge in [0.15, 0.2) is 11.4 Å². The van der Waals surface area contributed by atoms with Crippen LogP contribution in [0.4, 0.5) is 5.13 Å². The van der Waals surface area contributed by atoms with Crippen molar-refractivity contribution in [3.8, 4) is 0 Å². The maximum absolute atomic E-state index is 11.1. The van der Waals surface area contributed by atoms with E-state index in [1.165, 1.54) is 19.3 Å². The summed E-state index contributed by atoms with van der Waals surface area (Å²) in [5.74, 6) is 1.22. The van der Waals surface area contributed by atoms with Crippen molar-refractivity contribution >= 4 is 22.8 Å². The number of carbonyl (C=O) groups is 1. The second-order valence-electron chi connectivity index (χ2n) is 5.19. The molecular weight excluding hydrogens is 244 g/mol. The van der Waals surface area contributed by atoms with Gasteiger partial charge in [-0.15, -0.1) is 0 Å². The number of anilines is 1. The summed E-state index contributed by atoms with van der Waals surface area (Å²) in [4.78, 5) is 19.0. The maximum atomic E-state index is 11.1. The second-order valence-corrected chi connectivity index (χ2v) is 6.20. The molecule has 0 radical (unpaired) electrons. The lowest BCUT2D eigenvalue weighted by Crippen LogP contribution is -2.27. The van der Waals surface area contributed by atoms with Crippen molar-refractivity contribution in [2.75, 3.05) is 18.0 Å². The summed E-state index contributed by atoms with van der Waals surface area (Å²) in [5, 5.41) is 1.03. The normalized spacial score (nSPS) is 16.6. The average molecular weight is 266 g/mol. The van der Waals surface area contributed by atoms with Gasteiger partial charge in [0.2, 0.25) is 0 Å². The van der Waals surface area contributed by atoms with E-state index in [0.29, 0.717) is 11.8 Å². The molecule has 0 saturated heterocycles. The van der Waals surface area contributed by atoms with Crippen molar-refractivity contribution in [2.45, 2.75) is 46.0 Å². The van der Waals surface area contributed by atoms with E-state index in [2.05, 4.69) is 25.7 Å². The molecule has 0 amide bonds. The molecule has 0 bridgehead atoms. The molecule has 3 nitrogen and oxygen atoms in total. The molecule has 1 unspecified atom stereocenters. The predicted octanol–water partition coefficient (Wildman–Crippen LogP) is 3.71. The van der Waals surface area contributed by atoms with Crippen LogP contribution in [0.5, 0.6) is 0 Å². The lowest BCUT2D eigenvalue weighted by Gasteiger charge is -2.23. The number of thiazole rings is 1. The summed E-state index contributed by atoms with van der Waals surface area (Å²) in [6.07, 6.45) is 4.55. The largest absolute Gasteiger partial charge is 0.348 e. The molecule has 1 heterocycles. The Kier molecular flexibility index (Phi) is 4.38. The first-order valence-corrected chi connectivity index (χ1v) is 7.72. The Balaban J connectivity index is 2.17. The molecule has 0 aliphatic heterocycles. The zero-order chi connectivity index (χ0) is 13.1. The van der Waals surface area contributed by atoms with Gasteiger partial charge in [0, 0.05) is 19.0 Å². The quantitative estimate of drug-likeness (QED) is 0.705. The SMILES string of the molecule is CCC(C)CN(CC)c1nc(C2CC2)c(C=O)s1. The van der Waals surface area contributed by atoms with Gasteiger partial charge in [-0.25, -0.2) is 4.98 Å². The third-order valence-electron chi connectivity index (χ3n) is 3.62. The van der Waals surface area contributed by atoms with Crippen LogP contribution in [0, 0.1) is 5.92 Å². The van der Waals surface area contributed by atoms with Gasteiger partial charge in [0.05, 0.1) is 10.6 Å². The minimum Gasteiger partial charge on any atom is -0.348 e. The van der Waals surface area contributed by atoms with Crippen molar-refractivity contribution in [3.63, 3.8) is 0 Å². The summed E-state index contributed by atoms with van der Waals surface area (Å²) >= 11 is 1.56. The Morgan fingerprint density at radius 2 is 2.22 bits per heavy atom. The Bertz CT molecular complexity index is 412. The Labute approximate surface area is 113 Å². The van der Waals surface area contributed by atoms with Crippen LogP contribution in [0.3, 0.4) is 0 Å². The molecule has 0 aromatic carbocycles. The summed E-state index contributed by atoms with van der Waals surface area (Å²) in [6.45, 7) is 8.62. The Morgan fingerprint density at radius 1 is 1.50 bits per heavy atom. The van der Waals surface area contributed by atoms with E-state index in [9.17, 15) is 4.79 Å². The van der Waals surface area contributed by atoms with Crippen molar-refractivity contribution in [1.29, 1.82) is 0 Å². The molecule has 0 N–H and O–H groups in total. The van der Waals surface area contributed by atoms with E-state index in [4.69, 9.17) is 4.98 Å². The van der Waals surface area contributed by atoms with E-state index in [-0.39, 0.29) is 0 Å². The van der Waals surface area contributed by atoms with E-state index in [1.807, 2.05) is 0 Å². The average Bonchev–Trinajstić information content (AvgIpc) is 3.15. The number of carbonyl (C=O) groups excluding carboxylic acids is 1. The van der Waals surface area contributed by atoms with E-state index >= 15 is 0 Å². The van der Waals surface area contributed by atoms with E-state index in [1.54, 1.807) is 11.3 Å². The van der Waals surface area contributed by atoms with Crippen LogP contribution in [0.25, 0.3) is 0 Å². The topological polar surface area (TPSA) is 33.2 Å². The maximum Gasteiger partial charge on any atom is 0.186 e. The van der Waals surface area contributed by atoms with Crippen LogP contribution in [0.2, 0.25) is 0 Å². The van der Waals surface area contributed by atoms with Crippen LogP contribution < -0.4 is 4.90 Å². The highest BCUT2D eigenvalue weighted by Gasteiger charge is 2.30. The van der Waals surface area contributed by atoms with Gasteiger partial charge in [-0.1, -0.05) is 31.6 Å². The van der Waals surface area contributed by atoms with Gasteiger partial charge in [0.25, 0.3) is 0 Å². The predicted molar refractivity (Wildman–Crippen MR) is 76.8 cm³/mol. The highest BCUT2D eigenvalue weighted by molar-refractivity contribution is 7.17. The lowest BCUT2D eigenvalue weighted by atomic mass is 10.1. The first-order chi connectivity index (χ1) is 8.69. The van der Waals surface area contributed by atoms with Crippen LogP contribution in [-0.2, 0) is 0 Å². The Morgan fingerprint density at radius 3 is 2.72 bits per heavy atom. The number of rotatable bonds is 7. The molecule has 100 valence electrons. The summed E-state index contributed by atoms with van der Waals surface area (Å²) < 4.78 is 0. The summed E-state index contributed by atoms with van der Waals surface area (Å²) in [7, 11) is 0. The van der Waals surface area contributed by atoms with Gasteiger partial charge in [-0.3, -0.25) is 4.79 Å². The van der Waals surface area contributed by atoms with Crippen LogP contribution >= 0.6 is 11.3 Å². The van der Waals surface area contributed by atoms with Gasteiger partial charge in [-0.05, 0) is 25.7 Å². The number of aromatic nitrogens is 1. The molecule has 1 aromatic rings. The van der Waals surface area contributed by atoms with Gasteiger partial charge in [-0.2, -0.15) is 0 Å². The third kappa shape index (κ3) is 2.91. The van der Waals surface area contributed by atoms with Crippen LogP contribution in [0.15, 0.2) is 0 Å². The van der Waals surface area contributed by atoms with Gasteiger partial charge < -0.3 is 4.90 Å². The molecule has 1 atom stereocenters. The first kappa shape index (κ1) is 13.5. The summed E-state index contributed by atoms with van der Waals surface area (Å²) in [6, 6.07) is 0. The monoisotopic (exact) mass is 266 g/mol. The zero-order valence-corrected chi connectivity index (χ0v) is 12.3. The van der Waals surface area contributed by atoms with Crippen molar-refractivity contribution in [3.05, 3.63) is 10.6 Å². The molecule has 2 rings (SSSR count). The molecule has 18 heavy (non-hydrogen) atoms. The van der Waals surface area contributed by atoms with E-state index < -0.39 is 0 Å². The number of hydrogen-bond donors (Lipinski definition) is 0. The highest BCUT2D eigenvalue weighted by atomic mass is 32.1. The fraction of sp³-hybridized carbons (Fsp3) is 0.714. The molecule has 0 spiro atoms. The Hall–Kier alpha value is -0.900. The molecule has 1 fully saturated rings. The molecule has 1 aromatic heterocycles. The number of nitrogens with zero attached hydrogens (tertiary/aromatic N) is 2. The van der Waals surface area contributed by atoms with Gasteiger partial charge >= 0.3 is 0 Å². The van der Waals surface area contributed by atoms with Crippen LogP contribution in [0.1, 0.15) is 61.3 Å². The molecule has 1 aliphatic rings. The third-order valence-corrected chi connectivity index (χ3v) is 4.68. The van der Waals surface area contributed by atoms with Crippen molar-refractivity contribution in [1.82, 2.24) is 4.98 Å². The fourth-order valence-corrected chi connectivity index (χ4v) is 3.09. The van der Waals surface area contributed by atoms with E-state index in [0.717, 1.165) is 35.1 Å². The smallest absolute Gasteiger partial charge is 0.186 e. The van der Waals surface area contributed by atoms with Crippen molar-refractivity contribution < 1.29 is 4.79 Å². The van der Waals surface area contributed by atoms with Gasteiger partial charge in [0.1, 0.15) is 0 Å². The highest BCUT2D eigenvalue weighted by Crippen LogP contribution is 2.43. The number of aldehydes is 1. The van der Waals surface area contributed by atoms with Crippen molar-refractivity contribution in [2.24, 2.45) is 5.92 Å². The molecular formula is C14H22N2OS. The zero-order valence-electron chi connectivity index (χ0n) is 11.5. The number of hydrogen-bond acceptors (Lipinski definition) is 4.